The first-order valence-electron chi connectivity index (χ1n) is 7.96. The average molecular weight is 351 g/mol. The van der Waals surface area contributed by atoms with Gasteiger partial charge in [-0.3, -0.25) is 4.79 Å². The van der Waals surface area contributed by atoms with Gasteiger partial charge >= 0.3 is 0 Å². The molecule has 2 aromatic carbocycles. The quantitative estimate of drug-likeness (QED) is 0.773. The third-order valence-electron chi connectivity index (χ3n) is 4.16. The van der Waals surface area contributed by atoms with Crippen molar-refractivity contribution in [2.24, 2.45) is 0 Å². The SMILES string of the molecule is O=C(c1cc(Nc2ccccc2Cl)ncn1)N1CCc2ccccc21. The van der Waals surface area contributed by atoms with Crippen molar-refractivity contribution in [1.29, 1.82) is 0 Å². The molecule has 0 atom stereocenters. The minimum absolute atomic E-state index is 0.130. The number of para-hydroxylation sites is 2. The lowest BCUT2D eigenvalue weighted by molar-refractivity contribution is 0.0984. The Labute approximate surface area is 150 Å². The standard InChI is InChI=1S/C19H15ClN4O/c20-14-6-2-3-7-15(14)23-18-11-16(21-12-22-18)19(25)24-10-9-13-5-1-4-8-17(13)24/h1-8,11-12H,9-10H2,(H,21,22,23). The normalized spacial score (nSPS) is 12.8. The van der Waals surface area contributed by atoms with Crippen LogP contribution >= 0.6 is 11.6 Å². The van der Waals surface area contributed by atoms with Gasteiger partial charge in [-0.05, 0) is 30.2 Å². The van der Waals surface area contributed by atoms with Crippen molar-refractivity contribution in [3.05, 3.63) is 77.2 Å². The van der Waals surface area contributed by atoms with E-state index in [0.29, 0.717) is 23.1 Å². The van der Waals surface area contributed by atoms with Crippen LogP contribution in [0.3, 0.4) is 0 Å². The van der Waals surface area contributed by atoms with Crippen molar-refractivity contribution in [2.45, 2.75) is 6.42 Å². The molecule has 5 nitrogen and oxygen atoms in total. The van der Waals surface area contributed by atoms with E-state index in [1.165, 1.54) is 11.9 Å². The second-order valence-electron chi connectivity index (χ2n) is 5.73. The zero-order valence-electron chi connectivity index (χ0n) is 13.3. The van der Waals surface area contributed by atoms with E-state index < -0.39 is 0 Å². The average Bonchev–Trinajstić information content (AvgIpc) is 3.07. The monoisotopic (exact) mass is 350 g/mol. The van der Waals surface area contributed by atoms with Crippen LogP contribution in [0.25, 0.3) is 0 Å². The van der Waals surface area contributed by atoms with Crippen molar-refractivity contribution in [2.75, 3.05) is 16.8 Å². The molecule has 0 spiro atoms. The Morgan fingerprint density at radius 3 is 2.76 bits per heavy atom. The van der Waals surface area contributed by atoms with Crippen molar-refractivity contribution in [1.82, 2.24) is 9.97 Å². The maximum absolute atomic E-state index is 12.9. The number of carbonyl (C=O) groups is 1. The molecular weight excluding hydrogens is 336 g/mol. The van der Waals surface area contributed by atoms with E-state index >= 15 is 0 Å². The molecule has 1 aliphatic rings. The van der Waals surface area contributed by atoms with Crippen molar-refractivity contribution in [3.63, 3.8) is 0 Å². The summed E-state index contributed by atoms with van der Waals surface area (Å²) in [5, 5.41) is 3.71. The summed E-state index contributed by atoms with van der Waals surface area (Å²) in [4.78, 5) is 22.9. The number of hydrogen-bond acceptors (Lipinski definition) is 4. The first-order chi connectivity index (χ1) is 12.2. The minimum atomic E-state index is -0.130. The lowest BCUT2D eigenvalue weighted by atomic mass is 10.2. The number of aromatic nitrogens is 2. The molecule has 1 aromatic heterocycles. The highest BCUT2D eigenvalue weighted by Crippen LogP contribution is 2.29. The number of rotatable bonds is 3. The van der Waals surface area contributed by atoms with E-state index in [2.05, 4.69) is 15.3 Å². The maximum Gasteiger partial charge on any atom is 0.277 e. The lowest BCUT2D eigenvalue weighted by Gasteiger charge is -2.17. The van der Waals surface area contributed by atoms with Gasteiger partial charge in [0.15, 0.2) is 0 Å². The summed E-state index contributed by atoms with van der Waals surface area (Å²) in [7, 11) is 0. The van der Waals surface area contributed by atoms with E-state index in [1.54, 1.807) is 17.0 Å². The van der Waals surface area contributed by atoms with E-state index in [0.717, 1.165) is 17.8 Å². The van der Waals surface area contributed by atoms with Gasteiger partial charge in [0, 0.05) is 18.3 Å². The van der Waals surface area contributed by atoms with Gasteiger partial charge in [-0.1, -0.05) is 41.9 Å². The number of fused-ring (bicyclic) bond motifs is 1. The topological polar surface area (TPSA) is 58.1 Å². The number of hydrogen-bond donors (Lipinski definition) is 1. The molecule has 1 amide bonds. The Balaban J connectivity index is 1.60. The third-order valence-corrected chi connectivity index (χ3v) is 4.48. The highest BCUT2D eigenvalue weighted by molar-refractivity contribution is 6.33. The second kappa shape index (κ2) is 6.53. The molecule has 0 aliphatic carbocycles. The van der Waals surface area contributed by atoms with E-state index in [4.69, 9.17) is 11.6 Å². The Morgan fingerprint density at radius 2 is 1.88 bits per heavy atom. The van der Waals surface area contributed by atoms with Gasteiger partial charge in [-0.25, -0.2) is 9.97 Å². The van der Waals surface area contributed by atoms with Crippen LogP contribution in [-0.4, -0.2) is 22.4 Å². The Hall–Kier alpha value is -2.92. The molecule has 1 N–H and O–H groups in total. The molecule has 0 bridgehead atoms. The van der Waals surface area contributed by atoms with Crippen molar-refractivity contribution < 1.29 is 4.79 Å². The number of anilines is 3. The molecule has 6 heteroatoms. The summed E-state index contributed by atoms with van der Waals surface area (Å²) in [6.45, 7) is 0.662. The van der Waals surface area contributed by atoms with E-state index in [1.807, 2.05) is 42.5 Å². The van der Waals surface area contributed by atoms with Crippen LogP contribution in [0.5, 0.6) is 0 Å². The zero-order valence-corrected chi connectivity index (χ0v) is 14.1. The zero-order chi connectivity index (χ0) is 17.2. The summed E-state index contributed by atoms with van der Waals surface area (Å²) in [6, 6.07) is 17.0. The lowest BCUT2D eigenvalue weighted by Crippen LogP contribution is -2.29. The highest BCUT2D eigenvalue weighted by Gasteiger charge is 2.26. The Bertz CT molecular complexity index is 944. The molecule has 0 radical (unpaired) electrons. The molecule has 4 rings (SSSR count). The van der Waals surface area contributed by atoms with Gasteiger partial charge in [-0.2, -0.15) is 0 Å². The van der Waals surface area contributed by atoms with Gasteiger partial charge in [0.1, 0.15) is 17.8 Å². The maximum atomic E-state index is 12.9. The van der Waals surface area contributed by atoms with Crippen LogP contribution in [0.15, 0.2) is 60.9 Å². The van der Waals surface area contributed by atoms with Gasteiger partial charge in [0.05, 0.1) is 10.7 Å². The Morgan fingerprint density at radius 1 is 1.08 bits per heavy atom. The number of carbonyl (C=O) groups excluding carboxylic acids is 1. The van der Waals surface area contributed by atoms with Gasteiger partial charge in [0.25, 0.3) is 5.91 Å². The fourth-order valence-corrected chi connectivity index (χ4v) is 3.11. The molecule has 25 heavy (non-hydrogen) atoms. The van der Waals surface area contributed by atoms with Crippen LogP contribution in [0.2, 0.25) is 5.02 Å². The number of amides is 1. The predicted octanol–water partition coefficient (Wildman–Crippen LogP) is 4.08. The van der Waals surface area contributed by atoms with E-state index in [9.17, 15) is 4.79 Å². The Kier molecular flexibility index (Phi) is 4.07. The third kappa shape index (κ3) is 3.06. The van der Waals surface area contributed by atoms with Crippen LogP contribution in [0.4, 0.5) is 17.2 Å². The highest BCUT2D eigenvalue weighted by atomic mass is 35.5. The summed E-state index contributed by atoms with van der Waals surface area (Å²) in [5.41, 5.74) is 3.21. The molecule has 2 heterocycles. The van der Waals surface area contributed by atoms with Crippen molar-refractivity contribution >= 4 is 34.7 Å². The number of benzene rings is 2. The van der Waals surface area contributed by atoms with Gasteiger partial charge < -0.3 is 10.2 Å². The molecule has 0 saturated heterocycles. The van der Waals surface area contributed by atoms with Crippen LogP contribution in [-0.2, 0) is 6.42 Å². The fourth-order valence-electron chi connectivity index (χ4n) is 2.93. The summed E-state index contributed by atoms with van der Waals surface area (Å²) < 4.78 is 0. The number of nitrogens with one attached hydrogen (secondary N) is 1. The fraction of sp³-hybridized carbons (Fsp3) is 0.105. The smallest absolute Gasteiger partial charge is 0.277 e. The van der Waals surface area contributed by atoms with Crippen LogP contribution in [0.1, 0.15) is 16.1 Å². The summed E-state index contributed by atoms with van der Waals surface area (Å²) in [6.07, 6.45) is 2.24. The summed E-state index contributed by atoms with van der Waals surface area (Å²) >= 11 is 6.16. The van der Waals surface area contributed by atoms with Crippen LogP contribution in [0, 0.1) is 0 Å². The molecule has 0 unspecified atom stereocenters. The molecule has 124 valence electrons. The second-order valence-corrected chi connectivity index (χ2v) is 6.14. The van der Waals surface area contributed by atoms with Gasteiger partial charge in [0.2, 0.25) is 0 Å². The molecule has 3 aromatic rings. The predicted molar refractivity (Wildman–Crippen MR) is 98.6 cm³/mol. The molecule has 1 aliphatic heterocycles. The molecule has 0 saturated carbocycles. The van der Waals surface area contributed by atoms with Gasteiger partial charge in [-0.15, -0.1) is 0 Å². The summed E-state index contributed by atoms with van der Waals surface area (Å²) in [5.74, 6) is 0.397. The molecule has 0 fully saturated rings. The number of nitrogens with zero attached hydrogens (tertiary/aromatic N) is 3. The first-order valence-corrected chi connectivity index (χ1v) is 8.33. The molecular formula is C19H15ClN4O. The number of halogens is 1. The van der Waals surface area contributed by atoms with Crippen molar-refractivity contribution in [3.8, 4) is 0 Å². The van der Waals surface area contributed by atoms with Crippen LogP contribution < -0.4 is 10.2 Å². The first kappa shape index (κ1) is 15.6. The minimum Gasteiger partial charge on any atom is -0.339 e. The van der Waals surface area contributed by atoms with E-state index in [-0.39, 0.29) is 5.91 Å². The largest absolute Gasteiger partial charge is 0.339 e.